The molecule has 0 atom stereocenters. The lowest BCUT2D eigenvalue weighted by Crippen LogP contribution is -1.99. The van der Waals surface area contributed by atoms with Gasteiger partial charge in [0.25, 0.3) is 0 Å². The molecule has 0 aliphatic carbocycles. The van der Waals surface area contributed by atoms with Gasteiger partial charge in [0, 0.05) is 5.02 Å². The zero-order chi connectivity index (χ0) is 18.1. The van der Waals surface area contributed by atoms with Gasteiger partial charge in [-0.2, -0.15) is 10.2 Å². The molecule has 0 radical (unpaired) electrons. The molecule has 3 aromatic rings. The maximum atomic E-state index is 6.27. The first kappa shape index (κ1) is 18.2. The zero-order valence-electron chi connectivity index (χ0n) is 13.3. The normalized spacial score (nSPS) is 11.4. The number of aromatic nitrogens is 2. The molecule has 1 aromatic heterocycles. The number of benzene rings is 2. The number of nitrogens with zero attached hydrogens (tertiary/aromatic N) is 4. The third kappa shape index (κ3) is 3.82. The summed E-state index contributed by atoms with van der Waals surface area (Å²) in [5.41, 5.74) is 3.46. The molecular formula is C17H12Cl4N4. The quantitative estimate of drug-likeness (QED) is 0.409. The fourth-order valence-corrected chi connectivity index (χ4v) is 2.97. The van der Waals surface area contributed by atoms with E-state index in [-0.39, 0.29) is 0 Å². The van der Waals surface area contributed by atoms with E-state index in [1.807, 2.05) is 13.8 Å². The Balaban J connectivity index is 2.01. The van der Waals surface area contributed by atoms with Crippen LogP contribution in [0.5, 0.6) is 0 Å². The van der Waals surface area contributed by atoms with Crippen LogP contribution < -0.4 is 0 Å². The number of hydrogen-bond donors (Lipinski definition) is 0. The van der Waals surface area contributed by atoms with E-state index >= 15 is 0 Å². The third-order valence-corrected chi connectivity index (χ3v) is 4.85. The Morgan fingerprint density at radius 3 is 2.28 bits per heavy atom. The van der Waals surface area contributed by atoms with E-state index in [2.05, 4.69) is 15.3 Å². The molecule has 0 saturated carbocycles. The maximum Gasteiger partial charge on any atom is 0.130 e. The summed E-state index contributed by atoms with van der Waals surface area (Å²) in [7, 11) is 0. The zero-order valence-corrected chi connectivity index (χ0v) is 16.3. The second-order valence-electron chi connectivity index (χ2n) is 5.33. The van der Waals surface area contributed by atoms with Crippen LogP contribution in [0.4, 0.5) is 11.4 Å². The van der Waals surface area contributed by atoms with Gasteiger partial charge >= 0.3 is 0 Å². The third-order valence-electron chi connectivity index (χ3n) is 3.56. The lowest BCUT2D eigenvalue weighted by molar-refractivity contribution is 0.834. The molecule has 8 heteroatoms. The SMILES string of the molecule is Cc1nn(-c2cc(Cl)ccc2Cl)c(C)c1N=Nc1ccc(Cl)c(Cl)c1. The summed E-state index contributed by atoms with van der Waals surface area (Å²) >= 11 is 24.2. The molecule has 0 N–H and O–H groups in total. The van der Waals surface area contributed by atoms with Crippen molar-refractivity contribution in [3.63, 3.8) is 0 Å². The van der Waals surface area contributed by atoms with E-state index in [4.69, 9.17) is 46.4 Å². The van der Waals surface area contributed by atoms with Crippen LogP contribution in [-0.2, 0) is 0 Å². The first-order valence-electron chi connectivity index (χ1n) is 7.25. The molecule has 0 unspecified atom stereocenters. The van der Waals surface area contributed by atoms with Crippen molar-refractivity contribution in [3.05, 3.63) is 67.9 Å². The molecule has 1 heterocycles. The number of azo groups is 1. The molecule has 3 rings (SSSR count). The fourth-order valence-electron chi connectivity index (χ4n) is 2.32. The van der Waals surface area contributed by atoms with Crippen LogP contribution >= 0.6 is 46.4 Å². The van der Waals surface area contributed by atoms with Gasteiger partial charge in [0.05, 0.1) is 37.8 Å². The average Bonchev–Trinajstić information content (AvgIpc) is 2.85. The first-order chi connectivity index (χ1) is 11.9. The Hall–Kier alpha value is -1.59. The Morgan fingerprint density at radius 1 is 0.840 bits per heavy atom. The first-order valence-corrected chi connectivity index (χ1v) is 8.76. The molecule has 128 valence electrons. The molecule has 0 spiro atoms. The molecule has 0 amide bonds. The standard InChI is InChI=1S/C17H12Cl4N4/c1-9-17(23-22-12-4-6-13(19)15(21)8-12)10(2)25(24-9)16-7-11(18)3-5-14(16)20/h3-8H,1-2H3. The highest BCUT2D eigenvalue weighted by Gasteiger charge is 2.15. The van der Waals surface area contributed by atoms with E-state index < -0.39 is 0 Å². The molecule has 0 fully saturated rings. The van der Waals surface area contributed by atoms with Crippen LogP contribution in [0.3, 0.4) is 0 Å². The van der Waals surface area contributed by atoms with Crippen LogP contribution in [0.15, 0.2) is 46.6 Å². The smallest absolute Gasteiger partial charge is 0.130 e. The lowest BCUT2D eigenvalue weighted by Gasteiger charge is -2.07. The Morgan fingerprint density at radius 2 is 1.56 bits per heavy atom. The summed E-state index contributed by atoms with van der Waals surface area (Å²) in [6.07, 6.45) is 0. The van der Waals surface area contributed by atoms with Crippen LogP contribution in [-0.4, -0.2) is 9.78 Å². The van der Waals surface area contributed by atoms with Crippen molar-refractivity contribution < 1.29 is 0 Å². The average molecular weight is 414 g/mol. The van der Waals surface area contributed by atoms with Crippen LogP contribution in [0.2, 0.25) is 20.1 Å². The predicted molar refractivity (Wildman–Crippen MR) is 104 cm³/mol. The van der Waals surface area contributed by atoms with E-state index in [1.54, 1.807) is 41.1 Å². The lowest BCUT2D eigenvalue weighted by atomic mass is 10.3. The second kappa shape index (κ2) is 7.34. The van der Waals surface area contributed by atoms with E-state index in [1.165, 1.54) is 0 Å². The maximum absolute atomic E-state index is 6.27. The molecular weight excluding hydrogens is 402 g/mol. The molecule has 0 aliphatic rings. The summed E-state index contributed by atoms with van der Waals surface area (Å²) in [4.78, 5) is 0. The number of hydrogen-bond acceptors (Lipinski definition) is 3. The van der Waals surface area contributed by atoms with Gasteiger partial charge in [-0.3, -0.25) is 0 Å². The summed E-state index contributed by atoms with van der Waals surface area (Å²) in [6.45, 7) is 3.74. The van der Waals surface area contributed by atoms with Crippen molar-refractivity contribution in [1.82, 2.24) is 9.78 Å². The highest BCUT2D eigenvalue weighted by molar-refractivity contribution is 6.42. The van der Waals surface area contributed by atoms with Gasteiger partial charge < -0.3 is 0 Å². The molecule has 2 aromatic carbocycles. The van der Waals surface area contributed by atoms with Crippen molar-refractivity contribution in [2.24, 2.45) is 10.2 Å². The number of aryl methyl sites for hydroxylation is 1. The van der Waals surface area contributed by atoms with Crippen molar-refractivity contribution in [2.75, 3.05) is 0 Å². The molecule has 25 heavy (non-hydrogen) atoms. The summed E-state index contributed by atoms with van der Waals surface area (Å²) in [5, 5.41) is 15.0. The number of rotatable bonds is 3. The predicted octanol–water partition coefficient (Wildman–Crippen LogP) is 7.52. The summed E-state index contributed by atoms with van der Waals surface area (Å²) in [6, 6.07) is 10.3. The topological polar surface area (TPSA) is 42.5 Å². The minimum atomic E-state index is 0.424. The number of halogens is 4. The van der Waals surface area contributed by atoms with Gasteiger partial charge in [-0.15, -0.1) is 5.11 Å². The van der Waals surface area contributed by atoms with Crippen LogP contribution in [0, 0.1) is 13.8 Å². The van der Waals surface area contributed by atoms with Gasteiger partial charge in [0.1, 0.15) is 5.69 Å². The fraction of sp³-hybridized carbons (Fsp3) is 0.118. The van der Waals surface area contributed by atoms with Gasteiger partial charge in [-0.05, 0) is 50.2 Å². The second-order valence-corrected chi connectivity index (χ2v) is 6.98. The summed E-state index contributed by atoms with van der Waals surface area (Å²) < 4.78 is 1.70. The Bertz CT molecular complexity index is 979. The minimum absolute atomic E-state index is 0.424. The highest BCUT2D eigenvalue weighted by atomic mass is 35.5. The Labute approximate surface area is 165 Å². The van der Waals surface area contributed by atoms with Crippen LogP contribution in [0.1, 0.15) is 11.4 Å². The van der Waals surface area contributed by atoms with Gasteiger partial charge in [-0.1, -0.05) is 46.4 Å². The van der Waals surface area contributed by atoms with Gasteiger partial charge in [0.2, 0.25) is 0 Å². The van der Waals surface area contributed by atoms with Crippen molar-refractivity contribution in [1.29, 1.82) is 0 Å². The molecule has 0 saturated heterocycles. The van der Waals surface area contributed by atoms with E-state index in [9.17, 15) is 0 Å². The molecule has 4 nitrogen and oxygen atoms in total. The van der Waals surface area contributed by atoms with Gasteiger partial charge in [0.15, 0.2) is 0 Å². The minimum Gasteiger partial charge on any atom is -0.234 e. The van der Waals surface area contributed by atoms with E-state index in [0.717, 1.165) is 11.4 Å². The summed E-state index contributed by atoms with van der Waals surface area (Å²) in [5.74, 6) is 0. The highest BCUT2D eigenvalue weighted by Crippen LogP contribution is 2.32. The van der Waals surface area contributed by atoms with Crippen LogP contribution in [0.25, 0.3) is 5.69 Å². The molecule has 0 bridgehead atoms. The van der Waals surface area contributed by atoms with Crippen molar-refractivity contribution in [2.45, 2.75) is 13.8 Å². The van der Waals surface area contributed by atoms with Crippen molar-refractivity contribution >= 4 is 57.8 Å². The van der Waals surface area contributed by atoms with E-state index in [0.29, 0.717) is 37.2 Å². The van der Waals surface area contributed by atoms with Gasteiger partial charge in [-0.25, -0.2) is 4.68 Å². The Kier molecular flexibility index (Phi) is 5.35. The molecule has 0 aliphatic heterocycles. The monoisotopic (exact) mass is 412 g/mol. The largest absolute Gasteiger partial charge is 0.234 e. The van der Waals surface area contributed by atoms with Crippen molar-refractivity contribution in [3.8, 4) is 5.69 Å².